The number of aliphatic carboxylic acids is 1. The number of carbonyl (C=O) groups is 2. The van der Waals surface area contributed by atoms with Crippen LogP contribution in [0.15, 0.2) is 0 Å². The Hall–Kier alpha value is -0.940. The molecule has 0 radical (unpaired) electrons. The Morgan fingerprint density at radius 2 is 1.57 bits per heavy atom. The van der Waals surface area contributed by atoms with Crippen molar-refractivity contribution >= 4 is 12.3 Å². The average Bonchev–Trinajstić information content (AvgIpc) is 2.43. The molecule has 0 saturated heterocycles. The Balaban J connectivity index is 3.83. The zero-order valence-electron chi connectivity index (χ0n) is 14.8. The highest BCUT2D eigenvalue weighted by molar-refractivity contribution is 5.66. The SMILES string of the molecule is C[C@@H](C[C@H](C)CCCC[C@H](O)[C@H](C=O)CO)C[C@@H](C)CC(=O)O. The van der Waals surface area contributed by atoms with Gasteiger partial charge in [-0.1, -0.05) is 40.0 Å². The van der Waals surface area contributed by atoms with E-state index in [1.54, 1.807) is 0 Å². The Bertz CT molecular complexity index is 331. The standard InChI is InChI=1S/C18H34O5/c1-13(8-14(2)9-15(3)10-18(22)23)6-4-5-7-17(21)16(11-19)12-20/h11,13-17,20-21H,4-10,12H2,1-3H3,(H,22,23)/t13-,14+,15-,16-,17+/m1/s1. The summed E-state index contributed by atoms with van der Waals surface area (Å²) in [5.41, 5.74) is 0. The number of hydrogen-bond donors (Lipinski definition) is 3. The van der Waals surface area contributed by atoms with E-state index in [4.69, 9.17) is 10.2 Å². The molecule has 0 aliphatic heterocycles. The first kappa shape index (κ1) is 22.1. The molecule has 0 aromatic rings. The fraction of sp³-hybridized carbons (Fsp3) is 0.889. The Labute approximate surface area is 140 Å². The second kappa shape index (κ2) is 12.5. The van der Waals surface area contributed by atoms with Gasteiger partial charge in [-0.05, 0) is 37.0 Å². The van der Waals surface area contributed by atoms with Crippen LogP contribution in [0.1, 0.15) is 65.7 Å². The van der Waals surface area contributed by atoms with Gasteiger partial charge in [-0.25, -0.2) is 0 Å². The monoisotopic (exact) mass is 330 g/mol. The van der Waals surface area contributed by atoms with Crippen molar-refractivity contribution in [3.05, 3.63) is 0 Å². The lowest BCUT2D eigenvalue weighted by atomic mass is 9.86. The van der Waals surface area contributed by atoms with Gasteiger partial charge in [0.1, 0.15) is 6.29 Å². The lowest BCUT2D eigenvalue weighted by Gasteiger charge is -2.20. The molecular formula is C18H34O5. The van der Waals surface area contributed by atoms with E-state index in [1.807, 2.05) is 6.92 Å². The lowest BCUT2D eigenvalue weighted by Crippen LogP contribution is -2.24. The molecule has 23 heavy (non-hydrogen) atoms. The minimum atomic E-state index is -0.747. The molecular weight excluding hydrogens is 296 g/mol. The first-order chi connectivity index (χ1) is 10.8. The van der Waals surface area contributed by atoms with Crippen LogP contribution in [-0.2, 0) is 9.59 Å². The molecule has 0 aliphatic rings. The van der Waals surface area contributed by atoms with E-state index < -0.39 is 18.0 Å². The van der Waals surface area contributed by atoms with Crippen LogP contribution >= 0.6 is 0 Å². The minimum absolute atomic E-state index is 0.212. The summed E-state index contributed by atoms with van der Waals surface area (Å²) in [5.74, 6) is -0.0998. The second-order valence-corrected chi connectivity index (χ2v) is 7.22. The van der Waals surface area contributed by atoms with Gasteiger partial charge in [0.15, 0.2) is 0 Å². The van der Waals surface area contributed by atoms with Crippen LogP contribution in [-0.4, -0.2) is 40.3 Å². The normalized spacial score (nSPS) is 18.0. The van der Waals surface area contributed by atoms with Gasteiger partial charge in [-0.3, -0.25) is 4.79 Å². The minimum Gasteiger partial charge on any atom is -0.481 e. The number of unbranched alkanes of at least 4 members (excludes halogenated alkanes) is 1. The Morgan fingerprint density at radius 3 is 2.09 bits per heavy atom. The van der Waals surface area contributed by atoms with Crippen LogP contribution in [0.4, 0.5) is 0 Å². The molecule has 0 amide bonds. The van der Waals surface area contributed by atoms with Crippen LogP contribution in [0.25, 0.3) is 0 Å². The van der Waals surface area contributed by atoms with Crippen molar-refractivity contribution < 1.29 is 24.9 Å². The molecule has 0 heterocycles. The van der Waals surface area contributed by atoms with E-state index >= 15 is 0 Å². The first-order valence-corrected chi connectivity index (χ1v) is 8.76. The molecule has 0 aromatic carbocycles. The van der Waals surface area contributed by atoms with Crippen LogP contribution in [0.2, 0.25) is 0 Å². The van der Waals surface area contributed by atoms with Crippen molar-refractivity contribution in [1.82, 2.24) is 0 Å². The van der Waals surface area contributed by atoms with E-state index in [0.717, 1.165) is 32.1 Å². The molecule has 136 valence electrons. The van der Waals surface area contributed by atoms with Crippen molar-refractivity contribution in [3.8, 4) is 0 Å². The molecule has 0 unspecified atom stereocenters. The number of hydrogen-bond acceptors (Lipinski definition) is 4. The van der Waals surface area contributed by atoms with Gasteiger partial charge in [0.05, 0.1) is 18.6 Å². The maximum absolute atomic E-state index is 10.7. The molecule has 5 heteroatoms. The van der Waals surface area contributed by atoms with Gasteiger partial charge in [-0.15, -0.1) is 0 Å². The Morgan fingerprint density at radius 1 is 1.00 bits per heavy atom. The highest BCUT2D eigenvalue weighted by atomic mass is 16.4. The Kier molecular flexibility index (Phi) is 12.0. The maximum atomic E-state index is 10.7. The van der Waals surface area contributed by atoms with Crippen LogP contribution in [0, 0.1) is 23.7 Å². The van der Waals surface area contributed by atoms with Gasteiger partial charge < -0.3 is 20.1 Å². The van der Waals surface area contributed by atoms with Gasteiger partial charge >= 0.3 is 5.97 Å². The predicted molar refractivity (Wildman–Crippen MR) is 90.1 cm³/mol. The summed E-state index contributed by atoms with van der Waals surface area (Å²) in [6.07, 6.45) is 5.58. The quantitative estimate of drug-likeness (QED) is 0.336. The lowest BCUT2D eigenvalue weighted by molar-refractivity contribution is -0.138. The number of rotatable bonds is 14. The number of aldehydes is 1. The fourth-order valence-electron chi connectivity index (χ4n) is 3.29. The number of carboxylic acids is 1. The third kappa shape index (κ3) is 11.3. The number of aliphatic hydroxyl groups excluding tert-OH is 2. The second-order valence-electron chi connectivity index (χ2n) is 7.22. The summed E-state index contributed by atoms with van der Waals surface area (Å²) in [6, 6.07) is 0. The van der Waals surface area contributed by atoms with Crippen molar-refractivity contribution in [1.29, 1.82) is 0 Å². The van der Waals surface area contributed by atoms with E-state index in [-0.39, 0.29) is 18.9 Å². The molecule has 3 N–H and O–H groups in total. The third-order valence-corrected chi connectivity index (χ3v) is 4.46. The highest BCUT2D eigenvalue weighted by Crippen LogP contribution is 2.24. The molecule has 0 aliphatic carbocycles. The average molecular weight is 330 g/mol. The first-order valence-electron chi connectivity index (χ1n) is 8.76. The summed E-state index contributed by atoms with van der Waals surface area (Å²) < 4.78 is 0. The summed E-state index contributed by atoms with van der Waals surface area (Å²) in [7, 11) is 0. The number of carbonyl (C=O) groups excluding carboxylic acids is 1. The smallest absolute Gasteiger partial charge is 0.303 e. The van der Waals surface area contributed by atoms with Crippen molar-refractivity contribution in [2.45, 2.75) is 71.8 Å². The summed E-state index contributed by atoms with van der Waals surface area (Å²) in [4.78, 5) is 21.3. The zero-order chi connectivity index (χ0) is 17.8. The van der Waals surface area contributed by atoms with Crippen molar-refractivity contribution in [3.63, 3.8) is 0 Å². The predicted octanol–water partition coefficient (Wildman–Crippen LogP) is 2.88. The molecule has 0 aromatic heterocycles. The number of carboxylic acid groups (broad SMARTS) is 1. The molecule has 0 bridgehead atoms. The van der Waals surface area contributed by atoms with Crippen LogP contribution < -0.4 is 0 Å². The fourth-order valence-corrected chi connectivity index (χ4v) is 3.29. The maximum Gasteiger partial charge on any atom is 0.303 e. The zero-order valence-corrected chi connectivity index (χ0v) is 14.8. The highest BCUT2D eigenvalue weighted by Gasteiger charge is 2.18. The summed E-state index contributed by atoms with van der Waals surface area (Å²) in [5, 5.41) is 27.5. The molecule has 5 atom stereocenters. The summed E-state index contributed by atoms with van der Waals surface area (Å²) in [6.45, 7) is 6.07. The molecule has 0 fully saturated rings. The van der Waals surface area contributed by atoms with Crippen LogP contribution in [0.3, 0.4) is 0 Å². The van der Waals surface area contributed by atoms with E-state index in [2.05, 4.69) is 13.8 Å². The van der Waals surface area contributed by atoms with Gasteiger partial charge in [0.2, 0.25) is 0 Å². The number of aliphatic hydroxyl groups is 2. The van der Waals surface area contributed by atoms with E-state index in [9.17, 15) is 14.7 Å². The van der Waals surface area contributed by atoms with Crippen molar-refractivity contribution in [2.24, 2.45) is 23.7 Å². The largest absolute Gasteiger partial charge is 0.481 e. The molecule has 0 rings (SSSR count). The van der Waals surface area contributed by atoms with Gasteiger partial charge in [-0.2, -0.15) is 0 Å². The molecule has 0 spiro atoms. The third-order valence-electron chi connectivity index (χ3n) is 4.46. The van der Waals surface area contributed by atoms with Crippen molar-refractivity contribution in [2.75, 3.05) is 6.61 Å². The van der Waals surface area contributed by atoms with Crippen LogP contribution in [0.5, 0.6) is 0 Å². The van der Waals surface area contributed by atoms with Gasteiger partial charge in [0.25, 0.3) is 0 Å². The van der Waals surface area contributed by atoms with E-state index in [1.165, 1.54) is 0 Å². The summed E-state index contributed by atoms with van der Waals surface area (Å²) >= 11 is 0. The molecule has 5 nitrogen and oxygen atoms in total. The molecule has 0 saturated carbocycles. The topological polar surface area (TPSA) is 94.8 Å². The van der Waals surface area contributed by atoms with Gasteiger partial charge in [0, 0.05) is 6.42 Å². The van der Waals surface area contributed by atoms with E-state index in [0.29, 0.717) is 24.5 Å².